The zero-order valence-electron chi connectivity index (χ0n) is 11.7. The van der Waals surface area contributed by atoms with Crippen LogP contribution in [0.2, 0.25) is 5.02 Å². The van der Waals surface area contributed by atoms with Gasteiger partial charge in [-0.1, -0.05) is 39.3 Å². The highest BCUT2D eigenvalue weighted by Gasteiger charge is 2.29. The highest BCUT2D eigenvalue weighted by molar-refractivity contribution is 6.31. The van der Waals surface area contributed by atoms with Gasteiger partial charge in [0.2, 0.25) is 0 Å². The number of rotatable bonds is 6. The SMILES string of the molecule is CCNCC(C)(Cc1cc(F)ccc1Cl)C(C)C. The third-order valence-electron chi connectivity index (χ3n) is 3.77. The van der Waals surface area contributed by atoms with Gasteiger partial charge in [0, 0.05) is 11.6 Å². The Kier molecular flexibility index (Phi) is 5.61. The predicted molar refractivity (Wildman–Crippen MR) is 76.6 cm³/mol. The smallest absolute Gasteiger partial charge is 0.123 e. The second-order valence-corrected chi connectivity index (χ2v) is 5.91. The first-order valence-electron chi connectivity index (χ1n) is 6.53. The molecule has 0 radical (unpaired) electrons. The molecule has 0 bridgehead atoms. The minimum absolute atomic E-state index is 0.0768. The quantitative estimate of drug-likeness (QED) is 0.814. The molecule has 0 amide bonds. The van der Waals surface area contributed by atoms with E-state index in [1.165, 1.54) is 6.07 Å². The lowest BCUT2D eigenvalue weighted by atomic mass is 9.74. The molecule has 0 aliphatic carbocycles. The summed E-state index contributed by atoms with van der Waals surface area (Å²) in [5, 5.41) is 4.04. The Balaban J connectivity index is 2.92. The summed E-state index contributed by atoms with van der Waals surface area (Å²) in [5.74, 6) is 0.278. The monoisotopic (exact) mass is 271 g/mol. The summed E-state index contributed by atoms with van der Waals surface area (Å²) in [6.45, 7) is 10.6. The Morgan fingerprint density at radius 1 is 1.39 bits per heavy atom. The van der Waals surface area contributed by atoms with E-state index in [0.29, 0.717) is 10.9 Å². The number of nitrogens with one attached hydrogen (secondary N) is 1. The van der Waals surface area contributed by atoms with Gasteiger partial charge in [-0.15, -0.1) is 0 Å². The molecular formula is C15H23ClFN. The topological polar surface area (TPSA) is 12.0 Å². The van der Waals surface area contributed by atoms with E-state index in [-0.39, 0.29) is 11.2 Å². The molecule has 1 aromatic rings. The fraction of sp³-hybridized carbons (Fsp3) is 0.600. The van der Waals surface area contributed by atoms with Crippen LogP contribution in [0.25, 0.3) is 0 Å². The van der Waals surface area contributed by atoms with Crippen molar-refractivity contribution in [3.8, 4) is 0 Å². The summed E-state index contributed by atoms with van der Waals surface area (Å²) < 4.78 is 13.3. The van der Waals surface area contributed by atoms with Crippen molar-refractivity contribution >= 4 is 11.6 Å². The highest BCUT2D eigenvalue weighted by Crippen LogP contribution is 2.33. The lowest BCUT2D eigenvalue weighted by Crippen LogP contribution is -2.38. The van der Waals surface area contributed by atoms with E-state index in [9.17, 15) is 4.39 Å². The lowest BCUT2D eigenvalue weighted by Gasteiger charge is -2.34. The van der Waals surface area contributed by atoms with Crippen LogP contribution >= 0.6 is 11.6 Å². The first kappa shape index (κ1) is 15.5. The average molecular weight is 272 g/mol. The first-order valence-corrected chi connectivity index (χ1v) is 6.91. The lowest BCUT2D eigenvalue weighted by molar-refractivity contribution is 0.208. The van der Waals surface area contributed by atoms with Gasteiger partial charge in [-0.2, -0.15) is 0 Å². The number of benzene rings is 1. The molecule has 1 unspecified atom stereocenters. The highest BCUT2D eigenvalue weighted by atomic mass is 35.5. The van der Waals surface area contributed by atoms with Crippen molar-refractivity contribution in [2.75, 3.05) is 13.1 Å². The molecule has 0 spiro atoms. The Hall–Kier alpha value is -0.600. The van der Waals surface area contributed by atoms with E-state index in [1.807, 2.05) is 0 Å². The summed E-state index contributed by atoms with van der Waals surface area (Å²) in [5.41, 5.74) is 0.971. The van der Waals surface area contributed by atoms with Gasteiger partial charge in [-0.25, -0.2) is 4.39 Å². The summed E-state index contributed by atoms with van der Waals surface area (Å²) in [6, 6.07) is 4.60. The third kappa shape index (κ3) is 3.96. The van der Waals surface area contributed by atoms with Crippen molar-refractivity contribution in [3.05, 3.63) is 34.6 Å². The van der Waals surface area contributed by atoms with Gasteiger partial charge in [-0.05, 0) is 48.1 Å². The van der Waals surface area contributed by atoms with Gasteiger partial charge in [0.05, 0.1) is 0 Å². The van der Waals surface area contributed by atoms with Gasteiger partial charge >= 0.3 is 0 Å². The van der Waals surface area contributed by atoms with Crippen LogP contribution < -0.4 is 5.32 Å². The van der Waals surface area contributed by atoms with Gasteiger partial charge in [-0.3, -0.25) is 0 Å². The number of halogens is 2. The van der Waals surface area contributed by atoms with Crippen LogP contribution in [0.5, 0.6) is 0 Å². The van der Waals surface area contributed by atoms with Crippen LogP contribution in [0.3, 0.4) is 0 Å². The first-order chi connectivity index (χ1) is 8.39. The van der Waals surface area contributed by atoms with E-state index >= 15 is 0 Å². The maximum absolute atomic E-state index is 13.3. The van der Waals surface area contributed by atoms with Crippen LogP contribution in [0.15, 0.2) is 18.2 Å². The van der Waals surface area contributed by atoms with E-state index in [4.69, 9.17) is 11.6 Å². The molecule has 3 heteroatoms. The van der Waals surface area contributed by atoms with E-state index in [1.54, 1.807) is 12.1 Å². The minimum atomic E-state index is -0.219. The molecule has 0 heterocycles. The fourth-order valence-corrected chi connectivity index (χ4v) is 2.18. The van der Waals surface area contributed by atoms with E-state index in [2.05, 4.69) is 33.0 Å². The molecule has 102 valence electrons. The van der Waals surface area contributed by atoms with Crippen molar-refractivity contribution < 1.29 is 4.39 Å². The molecular weight excluding hydrogens is 249 g/mol. The minimum Gasteiger partial charge on any atom is -0.316 e. The van der Waals surface area contributed by atoms with Crippen LogP contribution in [0.1, 0.15) is 33.3 Å². The predicted octanol–water partition coefficient (Wildman–Crippen LogP) is 4.29. The van der Waals surface area contributed by atoms with Crippen molar-refractivity contribution in [1.82, 2.24) is 5.32 Å². The molecule has 0 saturated carbocycles. The van der Waals surface area contributed by atoms with Crippen molar-refractivity contribution in [1.29, 1.82) is 0 Å². The molecule has 0 saturated heterocycles. The standard InChI is InChI=1S/C15H23ClFN/c1-5-18-10-15(4,11(2)3)9-12-8-13(17)6-7-14(12)16/h6-8,11,18H,5,9-10H2,1-4H3. The second kappa shape index (κ2) is 6.53. The van der Waals surface area contributed by atoms with Crippen LogP contribution in [0, 0.1) is 17.2 Å². The summed E-state index contributed by atoms with van der Waals surface area (Å²) in [4.78, 5) is 0. The second-order valence-electron chi connectivity index (χ2n) is 5.50. The molecule has 0 aliphatic rings. The fourth-order valence-electron chi connectivity index (χ4n) is 2.00. The Morgan fingerprint density at radius 2 is 2.06 bits per heavy atom. The molecule has 1 aromatic carbocycles. The Labute approximate surface area is 115 Å². The summed E-state index contributed by atoms with van der Waals surface area (Å²) in [6.07, 6.45) is 0.786. The molecule has 1 atom stereocenters. The van der Waals surface area contributed by atoms with E-state index < -0.39 is 0 Å². The van der Waals surface area contributed by atoms with Crippen LogP contribution in [0.4, 0.5) is 4.39 Å². The number of hydrogen-bond acceptors (Lipinski definition) is 1. The zero-order chi connectivity index (χ0) is 13.8. The molecule has 1 rings (SSSR count). The third-order valence-corrected chi connectivity index (χ3v) is 4.14. The van der Waals surface area contributed by atoms with Gasteiger partial charge in [0.15, 0.2) is 0 Å². The molecule has 0 aliphatic heterocycles. The molecule has 0 fully saturated rings. The Morgan fingerprint density at radius 3 is 2.61 bits per heavy atom. The van der Waals surface area contributed by atoms with E-state index in [0.717, 1.165) is 25.1 Å². The molecule has 1 N–H and O–H groups in total. The molecule has 1 nitrogen and oxygen atoms in total. The zero-order valence-corrected chi connectivity index (χ0v) is 12.4. The normalized spacial score (nSPS) is 14.8. The average Bonchev–Trinajstić information content (AvgIpc) is 2.31. The largest absolute Gasteiger partial charge is 0.316 e. The van der Waals surface area contributed by atoms with Gasteiger partial charge in [0.25, 0.3) is 0 Å². The van der Waals surface area contributed by atoms with Crippen LogP contribution in [-0.4, -0.2) is 13.1 Å². The molecule has 0 aromatic heterocycles. The number of hydrogen-bond donors (Lipinski definition) is 1. The van der Waals surface area contributed by atoms with Crippen molar-refractivity contribution in [3.63, 3.8) is 0 Å². The van der Waals surface area contributed by atoms with Crippen molar-refractivity contribution in [2.45, 2.75) is 34.1 Å². The maximum Gasteiger partial charge on any atom is 0.123 e. The summed E-state index contributed by atoms with van der Waals surface area (Å²) >= 11 is 6.15. The van der Waals surface area contributed by atoms with Gasteiger partial charge in [0.1, 0.15) is 5.82 Å². The maximum atomic E-state index is 13.3. The van der Waals surface area contributed by atoms with Crippen molar-refractivity contribution in [2.24, 2.45) is 11.3 Å². The van der Waals surface area contributed by atoms with Crippen LogP contribution in [-0.2, 0) is 6.42 Å². The molecule has 18 heavy (non-hydrogen) atoms. The summed E-state index contributed by atoms with van der Waals surface area (Å²) in [7, 11) is 0. The van der Waals surface area contributed by atoms with Gasteiger partial charge < -0.3 is 5.32 Å². The Bertz CT molecular complexity index is 392.